The van der Waals surface area contributed by atoms with Crippen molar-refractivity contribution in [2.24, 2.45) is 0 Å². The van der Waals surface area contributed by atoms with Crippen LogP contribution < -0.4 is 0 Å². The largest absolute Gasteiger partial charge is 0.317 e. The van der Waals surface area contributed by atoms with Crippen LogP contribution in [-0.4, -0.2) is 19.2 Å². The Kier molecular flexibility index (Phi) is 3.39. The molecule has 0 unspecified atom stereocenters. The number of hydrogen-bond acceptors (Lipinski definition) is 2. The highest BCUT2D eigenvalue weighted by molar-refractivity contribution is 7.90. The third kappa shape index (κ3) is 2.76. The van der Waals surface area contributed by atoms with E-state index in [0.717, 1.165) is 16.9 Å². The van der Waals surface area contributed by atoms with Crippen molar-refractivity contribution in [2.45, 2.75) is 4.90 Å². The fourth-order valence-corrected chi connectivity index (χ4v) is 2.93. The average Bonchev–Trinajstić information content (AvgIpc) is 2.97. The lowest BCUT2D eigenvalue weighted by molar-refractivity contribution is 0.602. The number of benzene rings is 2. The van der Waals surface area contributed by atoms with Gasteiger partial charge in [-0.25, -0.2) is 8.42 Å². The van der Waals surface area contributed by atoms with Gasteiger partial charge >= 0.3 is 0 Å². The zero-order valence-corrected chi connectivity index (χ0v) is 12.4. The minimum absolute atomic E-state index is 0.337. The maximum atomic E-state index is 11.5. The summed E-state index contributed by atoms with van der Waals surface area (Å²) in [5.74, 6) is 0. The van der Waals surface area contributed by atoms with Crippen molar-refractivity contribution < 1.29 is 8.42 Å². The zero-order valence-electron chi connectivity index (χ0n) is 11.6. The molecular formula is C17H15NO2S. The smallest absolute Gasteiger partial charge is 0.175 e. The van der Waals surface area contributed by atoms with Crippen LogP contribution in [0.3, 0.4) is 0 Å². The van der Waals surface area contributed by atoms with E-state index in [1.165, 1.54) is 6.26 Å². The Labute approximate surface area is 124 Å². The average molecular weight is 297 g/mol. The van der Waals surface area contributed by atoms with Crippen LogP contribution in [0.1, 0.15) is 0 Å². The van der Waals surface area contributed by atoms with E-state index in [-0.39, 0.29) is 0 Å². The highest BCUT2D eigenvalue weighted by Crippen LogP contribution is 2.25. The quantitative estimate of drug-likeness (QED) is 0.741. The van der Waals surface area contributed by atoms with Gasteiger partial charge in [-0.15, -0.1) is 0 Å². The first-order chi connectivity index (χ1) is 10.1. The summed E-state index contributed by atoms with van der Waals surface area (Å²) in [4.78, 5) is 0.337. The first kappa shape index (κ1) is 13.6. The van der Waals surface area contributed by atoms with Crippen LogP contribution in [0, 0.1) is 0 Å². The van der Waals surface area contributed by atoms with Gasteiger partial charge in [-0.3, -0.25) is 0 Å². The van der Waals surface area contributed by atoms with Crippen molar-refractivity contribution in [3.05, 3.63) is 72.9 Å². The summed E-state index contributed by atoms with van der Waals surface area (Å²) >= 11 is 0. The SMILES string of the molecule is CS(=O)(=O)c1ccc(-c2cccn2-c2ccccc2)cc1. The summed E-state index contributed by atoms with van der Waals surface area (Å²) in [6.45, 7) is 0. The summed E-state index contributed by atoms with van der Waals surface area (Å²) in [6.07, 6.45) is 3.21. The summed E-state index contributed by atoms with van der Waals surface area (Å²) in [7, 11) is -3.16. The van der Waals surface area contributed by atoms with Crippen molar-refractivity contribution in [1.29, 1.82) is 0 Å². The Morgan fingerprint density at radius 1 is 0.810 bits per heavy atom. The van der Waals surface area contributed by atoms with Crippen molar-refractivity contribution in [3.63, 3.8) is 0 Å². The molecule has 0 aliphatic rings. The number of rotatable bonds is 3. The van der Waals surface area contributed by atoms with E-state index in [1.54, 1.807) is 12.1 Å². The molecule has 0 atom stereocenters. The number of para-hydroxylation sites is 1. The molecular weight excluding hydrogens is 282 g/mol. The van der Waals surface area contributed by atoms with Crippen LogP contribution >= 0.6 is 0 Å². The standard InChI is InChI=1S/C17H15NO2S/c1-21(19,20)16-11-9-14(10-12-16)17-8-5-13-18(17)15-6-3-2-4-7-15/h2-13H,1H3. The molecule has 0 fully saturated rings. The normalized spacial score (nSPS) is 11.5. The number of nitrogens with zero attached hydrogens (tertiary/aromatic N) is 1. The maximum Gasteiger partial charge on any atom is 0.175 e. The van der Waals surface area contributed by atoms with Crippen LogP contribution in [0.15, 0.2) is 77.8 Å². The second kappa shape index (κ2) is 5.22. The second-order valence-corrected chi connectivity index (χ2v) is 6.91. The molecule has 0 saturated heterocycles. The fraction of sp³-hybridized carbons (Fsp3) is 0.0588. The maximum absolute atomic E-state index is 11.5. The van der Waals surface area contributed by atoms with Gasteiger partial charge in [0.2, 0.25) is 0 Å². The number of hydrogen-bond donors (Lipinski definition) is 0. The van der Waals surface area contributed by atoms with E-state index < -0.39 is 9.84 Å². The minimum atomic E-state index is -3.16. The van der Waals surface area contributed by atoms with Gasteiger partial charge in [-0.1, -0.05) is 30.3 Å². The molecule has 0 aliphatic heterocycles. The Hall–Kier alpha value is -2.33. The first-order valence-electron chi connectivity index (χ1n) is 6.59. The summed E-state index contributed by atoms with van der Waals surface area (Å²) < 4.78 is 25.1. The molecule has 0 saturated carbocycles. The van der Waals surface area contributed by atoms with Crippen LogP contribution in [0.5, 0.6) is 0 Å². The van der Waals surface area contributed by atoms with Gasteiger partial charge in [0.15, 0.2) is 9.84 Å². The van der Waals surface area contributed by atoms with Crippen molar-refractivity contribution in [2.75, 3.05) is 6.26 Å². The molecule has 1 heterocycles. The Balaban J connectivity index is 2.05. The molecule has 3 rings (SSSR count). The van der Waals surface area contributed by atoms with Crippen LogP contribution in [0.2, 0.25) is 0 Å². The third-order valence-corrected chi connectivity index (χ3v) is 4.49. The summed E-state index contributed by atoms with van der Waals surface area (Å²) in [6, 6.07) is 21.0. The fourth-order valence-electron chi connectivity index (χ4n) is 2.30. The molecule has 0 N–H and O–H groups in total. The molecule has 106 valence electrons. The lowest BCUT2D eigenvalue weighted by Crippen LogP contribution is -1.98. The number of sulfone groups is 1. The van der Waals surface area contributed by atoms with Crippen LogP contribution in [-0.2, 0) is 9.84 Å². The second-order valence-electron chi connectivity index (χ2n) is 4.90. The molecule has 21 heavy (non-hydrogen) atoms. The molecule has 4 heteroatoms. The van der Waals surface area contributed by atoms with E-state index >= 15 is 0 Å². The Morgan fingerprint density at radius 3 is 2.10 bits per heavy atom. The predicted molar refractivity (Wildman–Crippen MR) is 84.3 cm³/mol. The molecule has 0 aliphatic carbocycles. The van der Waals surface area contributed by atoms with Gasteiger partial charge in [-0.2, -0.15) is 0 Å². The molecule has 0 radical (unpaired) electrons. The van der Waals surface area contributed by atoms with E-state index in [1.807, 2.05) is 60.8 Å². The molecule has 2 aromatic carbocycles. The van der Waals surface area contributed by atoms with Gasteiger partial charge in [0.25, 0.3) is 0 Å². The van der Waals surface area contributed by atoms with Gasteiger partial charge in [-0.05, 0) is 42.0 Å². The monoisotopic (exact) mass is 297 g/mol. The van der Waals surface area contributed by atoms with Crippen molar-refractivity contribution in [1.82, 2.24) is 4.57 Å². The molecule has 0 amide bonds. The Morgan fingerprint density at radius 2 is 1.48 bits per heavy atom. The molecule has 3 nitrogen and oxygen atoms in total. The van der Waals surface area contributed by atoms with Crippen LogP contribution in [0.4, 0.5) is 0 Å². The molecule has 0 bridgehead atoms. The van der Waals surface area contributed by atoms with Crippen LogP contribution in [0.25, 0.3) is 16.9 Å². The zero-order chi connectivity index (χ0) is 14.9. The van der Waals surface area contributed by atoms with E-state index in [0.29, 0.717) is 4.90 Å². The van der Waals surface area contributed by atoms with Gasteiger partial charge in [0, 0.05) is 18.1 Å². The lowest BCUT2D eigenvalue weighted by Gasteiger charge is -2.10. The Bertz CT molecular complexity index is 847. The molecule has 3 aromatic rings. The van der Waals surface area contributed by atoms with E-state index in [9.17, 15) is 8.42 Å². The minimum Gasteiger partial charge on any atom is -0.317 e. The highest BCUT2D eigenvalue weighted by atomic mass is 32.2. The highest BCUT2D eigenvalue weighted by Gasteiger charge is 2.09. The van der Waals surface area contributed by atoms with Gasteiger partial charge in [0.1, 0.15) is 0 Å². The third-order valence-electron chi connectivity index (χ3n) is 3.36. The van der Waals surface area contributed by atoms with E-state index in [4.69, 9.17) is 0 Å². The van der Waals surface area contributed by atoms with Crippen molar-refractivity contribution >= 4 is 9.84 Å². The molecule has 0 spiro atoms. The molecule has 1 aromatic heterocycles. The van der Waals surface area contributed by atoms with Gasteiger partial charge in [0.05, 0.1) is 10.6 Å². The van der Waals surface area contributed by atoms with Gasteiger partial charge < -0.3 is 4.57 Å². The lowest BCUT2D eigenvalue weighted by atomic mass is 10.1. The summed E-state index contributed by atoms with van der Waals surface area (Å²) in [5.41, 5.74) is 3.09. The number of aromatic nitrogens is 1. The summed E-state index contributed by atoms with van der Waals surface area (Å²) in [5, 5.41) is 0. The topological polar surface area (TPSA) is 39.1 Å². The predicted octanol–water partition coefficient (Wildman–Crippen LogP) is 3.55. The first-order valence-corrected chi connectivity index (χ1v) is 8.48. The van der Waals surface area contributed by atoms with E-state index in [2.05, 4.69) is 4.57 Å². The van der Waals surface area contributed by atoms with Crippen molar-refractivity contribution in [3.8, 4) is 16.9 Å².